The van der Waals surface area contributed by atoms with Crippen LogP contribution in [-0.2, 0) is 0 Å². The molecule has 1 nitrogen and oxygen atoms in total. The van der Waals surface area contributed by atoms with E-state index in [1.807, 2.05) is 20.9 Å². The van der Waals surface area contributed by atoms with E-state index in [2.05, 4.69) is 31.3 Å². The highest BCUT2D eigenvalue weighted by Crippen LogP contribution is 2.21. The molecule has 1 aliphatic rings. The second kappa shape index (κ2) is 5.87. The number of hydrogen-bond acceptors (Lipinski definition) is 1. The number of allylic oxidation sites excluding steroid dienone is 4. The van der Waals surface area contributed by atoms with E-state index in [0.29, 0.717) is 5.92 Å². The average molecular weight is 169 g/mol. The molecule has 1 heteroatoms. The normalized spacial score (nSPS) is 21.6. The van der Waals surface area contributed by atoms with E-state index in [0.717, 1.165) is 0 Å². The van der Waals surface area contributed by atoms with Gasteiger partial charge in [-0.2, -0.15) is 0 Å². The molecular weight excluding hydrogens is 146 g/mol. The molecule has 0 heterocycles. The molecule has 1 aliphatic carbocycles. The third-order valence-corrected chi connectivity index (χ3v) is 2.00. The van der Waals surface area contributed by atoms with Crippen LogP contribution in [0.5, 0.6) is 0 Å². The molecule has 1 atom stereocenters. The molecule has 0 aliphatic heterocycles. The van der Waals surface area contributed by atoms with Crippen molar-refractivity contribution in [2.45, 2.75) is 34.1 Å². The highest BCUT2D eigenvalue weighted by Gasteiger charge is 2.10. The summed E-state index contributed by atoms with van der Waals surface area (Å²) in [5, 5.41) is 3.19. The molecule has 1 unspecified atom stereocenters. The Morgan fingerprint density at radius 2 is 2.00 bits per heavy atom. The largest absolute Gasteiger partial charge is 0.391 e. The summed E-state index contributed by atoms with van der Waals surface area (Å²) in [6, 6.07) is 0. The Kier molecular flexibility index (Phi) is 5.52. The van der Waals surface area contributed by atoms with Crippen molar-refractivity contribution in [2.75, 3.05) is 7.05 Å². The minimum Gasteiger partial charge on any atom is -0.391 e. The van der Waals surface area contributed by atoms with Gasteiger partial charge in [-0.15, -0.1) is 0 Å². The molecule has 0 bridgehead atoms. The van der Waals surface area contributed by atoms with Crippen molar-refractivity contribution in [2.24, 2.45) is 5.92 Å². The molecule has 0 aromatic heterocycles. The molecule has 1 rings (SSSR count). The van der Waals surface area contributed by atoms with Gasteiger partial charge in [0.2, 0.25) is 0 Å². The summed E-state index contributed by atoms with van der Waals surface area (Å²) in [6.45, 7) is 8.43. The second-order valence-electron chi connectivity index (χ2n) is 2.99. The van der Waals surface area contributed by atoms with Crippen molar-refractivity contribution < 1.29 is 1.43 Å². The third-order valence-electron chi connectivity index (χ3n) is 2.00. The highest BCUT2D eigenvalue weighted by atomic mass is 14.8. The van der Waals surface area contributed by atoms with Gasteiger partial charge < -0.3 is 5.32 Å². The van der Waals surface area contributed by atoms with E-state index in [4.69, 9.17) is 0 Å². The zero-order chi connectivity index (χ0) is 9.56. The molecule has 0 fully saturated rings. The Morgan fingerprint density at radius 1 is 1.42 bits per heavy atom. The van der Waals surface area contributed by atoms with Gasteiger partial charge in [0.25, 0.3) is 0 Å². The first kappa shape index (κ1) is 11.3. The molecule has 12 heavy (non-hydrogen) atoms. The minimum absolute atomic E-state index is 0. The van der Waals surface area contributed by atoms with E-state index in [-0.39, 0.29) is 1.43 Å². The van der Waals surface area contributed by atoms with Crippen molar-refractivity contribution in [3.05, 3.63) is 23.4 Å². The van der Waals surface area contributed by atoms with Gasteiger partial charge in [0.05, 0.1) is 0 Å². The smallest absolute Gasteiger partial charge is 0.0136 e. The van der Waals surface area contributed by atoms with E-state index in [1.165, 1.54) is 17.7 Å². The standard InChI is InChI=1S/C9H15N.C2H6.H2/c1-7-4-5-9(10-3)8(2)6-7;1-2;/h4-5,8,10H,6H2,1-3H3;1-2H3;1H. The van der Waals surface area contributed by atoms with Crippen LogP contribution in [0.4, 0.5) is 0 Å². The number of hydrogen-bond donors (Lipinski definition) is 1. The molecule has 0 radical (unpaired) electrons. The van der Waals surface area contributed by atoms with Crippen LogP contribution in [0.15, 0.2) is 23.4 Å². The van der Waals surface area contributed by atoms with E-state index in [9.17, 15) is 0 Å². The maximum Gasteiger partial charge on any atom is 0.0136 e. The zero-order valence-corrected chi connectivity index (χ0v) is 8.94. The van der Waals surface area contributed by atoms with Crippen LogP contribution < -0.4 is 5.32 Å². The lowest BCUT2D eigenvalue weighted by molar-refractivity contribution is 0.617. The van der Waals surface area contributed by atoms with E-state index in [1.54, 1.807) is 0 Å². The lowest BCUT2D eigenvalue weighted by Crippen LogP contribution is -2.16. The molecule has 0 aromatic carbocycles. The van der Waals surface area contributed by atoms with Crippen molar-refractivity contribution in [1.29, 1.82) is 0 Å². The molecule has 72 valence electrons. The highest BCUT2D eigenvalue weighted by molar-refractivity contribution is 5.23. The predicted molar refractivity (Wildman–Crippen MR) is 58.1 cm³/mol. The third kappa shape index (κ3) is 3.12. The minimum atomic E-state index is 0. The van der Waals surface area contributed by atoms with Crippen LogP contribution in [0.3, 0.4) is 0 Å². The molecule has 0 aromatic rings. The van der Waals surface area contributed by atoms with E-state index >= 15 is 0 Å². The summed E-state index contributed by atoms with van der Waals surface area (Å²) in [4.78, 5) is 0. The lowest BCUT2D eigenvalue weighted by atomic mass is 9.94. The van der Waals surface area contributed by atoms with Gasteiger partial charge >= 0.3 is 0 Å². The van der Waals surface area contributed by atoms with Crippen LogP contribution in [0.1, 0.15) is 35.5 Å². The Balaban J connectivity index is 0. The van der Waals surface area contributed by atoms with Gasteiger partial charge in [0.1, 0.15) is 0 Å². The van der Waals surface area contributed by atoms with E-state index < -0.39 is 0 Å². The fourth-order valence-corrected chi connectivity index (χ4v) is 1.39. The van der Waals surface area contributed by atoms with Crippen molar-refractivity contribution in [1.82, 2.24) is 5.32 Å². The van der Waals surface area contributed by atoms with Crippen molar-refractivity contribution >= 4 is 0 Å². The topological polar surface area (TPSA) is 12.0 Å². The van der Waals surface area contributed by atoms with Crippen molar-refractivity contribution in [3.8, 4) is 0 Å². The van der Waals surface area contributed by atoms with Crippen LogP contribution >= 0.6 is 0 Å². The Labute approximate surface area is 78.0 Å². The lowest BCUT2D eigenvalue weighted by Gasteiger charge is -2.19. The first-order valence-corrected chi connectivity index (χ1v) is 4.79. The summed E-state index contributed by atoms with van der Waals surface area (Å²) >= 11 is 0. The van der Waals surface area contributed by atoms with Crippen LogP contribution in [0.2, 0.25) is 0 Å². The predicted octanol–water partition coefficient (Wildman–Crippen LogP) is 3.35. The first-order chi connectivity index (χ1) is 5.74. The van der Waals surface area contributed by atoms with Gasteiger partial charge in [-0.1, -0.05) is 32.4 Å². The summed E-state index contributed by atoms with van der Waals surface area (Å²) in [5.41, 5.74) is 2.83. The quantitative estimate of drug-likeness (QED) is 0.634. The summed E-state index contributed by atoms with van der Waals surface area (Å²) in [7, 11) is 1.98. The van der Waals surface area contributed by atoms with Gasteiger partial charge in [-0.05, 0) is 25.3 Å². The molecule has 0 spiro atoms. The van der Waals surface area contributed by atoms with Crippen LogP contribution in [0.25, 0.3) is 0 Å². The monoisotopic (exact) mass is 169 g/mol. The first-order valence-electron chi connectivity index (χ1n) is 4.79. The van der Waals surface area contributed by atoms with Gasteiger partial charge in [0.15, 0.2) is 0 Å². The molecule has 0 amide bonds. The Hall–Kier alpha value is -0.720. The summed E-state index contributed by atoms with van der Waals surface area (Å²) in [6.07, 6.45) is 5.56. The van der Waals surface area contributed by atoms with Crippen LogP contribution in [-0.4, -0.2) is 7.05 Å². The Morgan fingerprint density at radius 3 is 2.42 bits per heavy atom. The molecule has 0 saturated carbocycles. The maximum absolute atomic E-state index is 3.19. The van der Waals surface area contributed by atoms with Crippen molar-refractivity contribution in [3.63, 3.8) is 0 Å². The van der Waals surface area contributed by atoms with Gasteiger partial charge in [-0.25, -0.2) is 0 Å². The summed E-state index contributed by atoms with van der Waals surface area (Å²) in [5.74, 6) is 0.676. The fourth-order valence-electron chi connectivity index (χ4n) is 1.39. The maximum atomic E-state index is 3.19. The van der Waals surface area contributed by atoms with Gasteiger partial charge in [-0.3, -0.25) is 0 Å². The molecule has 1 N–H and O–H groups in total. The Bertz CT molecular complexity index is 183. The molecular formula is C11H23N. The van der Waals surface area contributed by atoms with Gasteiger partial charge in [0, 0.05) is 14.2 Å². The van der Waals surface area contributed by atoms with Crippen LogP contribution in [0, 0.1) is 5.92 Å². The SMILES string of the molecule is CC.CNC1=CC=C(C)CC1C.[HH]. The second-order valence-corrected chi connectivity index (χ2v) is 2.99. The molecule has 0 saturated heterocycles. The fraction of sp³-hybridized carbons (Fsp3) is 0.636. The number of nitrogens with one attached hydrogen (secondary N) is 1. The zero-order valence-electron chi connectivity index (χ0n) is 8.94. The summed E-state index contributed by atoms with van der Waals surface area (Å²) < 4.78 is 0. The average Bonchev–Trinajstić information content (AvgIpc) is 2.08. The number of rotatable bonds is 1.